The van der Waals surface area contributed by atoms with E-state index in [9.17, 15) is 5.11 Å². The van der Waals surface area contributed by atoms with E-state index in [0.717, 1.165) is 62.2 Å². The van der Waals surface area contributed by atoms with Crippen LogP contribution in [-0.4, -0.2) is 56.5 Å². The summed E-state index contributed by atoms with van der Waals surface area (Å²) in [5.74, 6) is 0.271. The predicted molar refractivity (Wildman–Crippen MR) is 126 cm³/mol. The minimum Gasteiger partial charge on any atom is -0.387 e. The van der Waals surface area contributed by atoms with E-state index in [0.29, 0.717) is 0 Å². The van der Waals surface area contributed by atoms with Crippen molar-refractivity contribution in [3.05, 3.63) is 65.4 Å². The van der Waals surface area contributed by atoms with Crippen LogP contribution < -0.4 is 0 Å². The molecule has 0 amide bonds. The van der Waals surface area contributed by atoms with Gasteiger partial charge < -0.3 is 14.4 Å². The number of imidazole rings is 1. The van der Waals surface area contributed by atoms with Gasteiger partial charge in [0, 0.05) is 12.4 Å². The van der Waals surface area contributed by atoms with Crippen molar-refractivity contribution in [3.8, 4) is 0 Å². The van der Waals surface area contributed by atoms with E-state index < -0.39 is 6.10 Å². The molecule has 3 atom stereocenters. The number of hydrogen-bond acceptors (Lipinski definition) is 5. The molecule has 5 rings (SSSR count). The van der Waals surface area contributed by atoms with Gasteiger partial charge >= 0.3 is 0 Å². The maximum Gasteiger partial charge on any atom is 0.137 e. The largest absolute Gasteiger partial charge is 0.387 e. The highest BCUT2D eigenvalue weighted by molar-refractivity contribution is 5.45. The van der Waals surface area contributed by atoms with Crippen LogP contribution in [0.25, 0.3) is 5.65 Å². The SMILES string of the molecule is Cc1cccnc1[C@@H]1CCC[C@H](c2nc3ccccn3c2[C@@H](O)C2CCN(C)CC2)N1C. The Labute approximate surface area is 190 Å². The Morgan fingerprint density at radius 2 is 1.72 bits per heavy atom. The minimum absolute atomic E-state index is 0.172. The van der Waals surface area contributed by atoms with Crippen LogP contribution in [0, 0.1) is 12.8 Å². The minimum atomic E-state index is -0.499. The monoisotopic (exact) mass is 433 g/mol. The van der Waals surface area contributed by atoms with Gasteiger partial charge in [-0.05, 0) is 95.9 Å². The third-order valence-corrected chi connectivity index (χ3v) is 7.70. The number of likely N-dealkylation sites (tertiary alicyclic amines) is 2. The van der Waals surface area contributed by atoms with Crippen molar-refractivity contribution in [2.75, 3.05) is 27.2 Å². The molecule has 0 saturated carbocycles. The number of nitrogens with zero attached hydrogens (tertiary/aromatic N) is 5. The Bertz CT molecular complexity index is 1070. The number of aryl methyl sites for hydroxylation is 1. The van der Waals surface area contributed by atoms with E-state index in [1.165, 1.54) is 11.3 Å². The Morgan fingerprint density at radius 3 is 2.47 bits per heavy atom. The zero-order valence-electron chi connectivity index (χ0n) is 19.5. The summed E-state index contributed by atoms with van der Waals surface area (Å²) in [7, 11) is 4.37. The van der Waals surface area contributed by atoms with Crippen molar-refractivity contribution < 1.29 is 5.11 Å². The van der Waals surface area contributed by atoms with Crippen LogP contribution in [-0.2, 0) is 0 Å². The second-order valence-electron chi connectivity index (χ2n) is 9.73. The predicted octanol–water partition coefficient (Wildman–Crippen LogP) is 4.31. The third kappa shape index (κ3) is 3.85. The van der Waals surface area contributed by atoms with Gasteiger partial charge in [0.1, 0.15) is 5.65 Å². The molecule has 6 nitrogen and oxygen atoms in total. The van der Waals surface area contributed by atoms with E-state index in [-0.39, 0.29) is 18.0 Å². The van der Waals surface area contributed by atoms with Gasteiger partial charge in [-0.15, -0.1) is 0 Å². The fraction of sp³-hybridized carbons (Fsp3) is 0.538. The number of aromatic nitrogens is 3. The zero-order valence-corrected chi connectivity index (χ0v) is 19.5. The number of piperidine rings is 2. The first-order valence-corrected chi connectivity index (χ1v) is 12.0. The summed E-state index contributed by atoms with van der Waals surface area (Å²) >= 11 is 0. The molecule has 6 heteroatoms. The van der Waals surface area contributed by atoms with Gasteiger partial charge in [0.15, 0.2) is 0 Å². The van der Waals surface area contributed by atoms with E-state index in [2.05, 4.69) is 53.5 Å². The van der Waals surface area contributed by atoms with Gasteiger partial charge in [-0.25, -0.2) is 4.98 Å². The Balaban J connectivity index is 1.53. The maximum atomic E-state index is 11.6. The second-order valence-corrected chi connectivity index (χ2v) is 9.73. The summed E-state index contributed by atoms with van der Waals surface area (Å²) in [6, 6.07) is 10.7. The molecule has 0 aliphatic carbocycles. The lowest BCUT2D eigenvalue weighted by atomic mass is 9.86. The third-order valence-electron chi connectivity index (χ3n) is 7.70. The topological polar surface area (TPSA) is 56.9 Å². The lowest BCUT2D eigenvalue weighted by Gasteiger charge is -2.40. The summed E-state index contributed by atoms with van der Waals surface area (Å²) in [6.45, 7) is 4.23. The molecule has 3 aromatic heterocycles. The van der Waals surface area contributed by atoms with Gasteiger partial charge in [0.05, 0.1) is 35.3 Å². The number of fused-ring (bicyclic) bond motifs is 1. The maximum absolute atomic E-state index is 11.6. The molecular formula is C26H35N5O. The van der Waals surface area contributed by atoms with Crippen LogP contribution >= 0.6 is 0 Å². The average Bonchev–Trinajstić information content (AvgIpc) is 3.19. The summed E-state index contributed by atoms with van der Waals surface area (Å²) in [5.41, 5.74) is 5.37. The fourth-order valence-electron chi connectivity index (χ4n) is 5.77. The van der Waals surface area contributed by atoms with Gasteiger partial charge in [0.2, 0.25) is 0 Å². The van der Waals surface area contributed by atoms with E-state index in [1.54, 1.807) is 0 Å². The first-order valence-electron chi connectivity index (χ1n) is 12.0. The highest BCUT2D eigenvalue weighted by Gasteiger charge is 2.37. The van der Waals surface area contributed by atoms with Crippen LogP contribution in [0.1, 0.15) is 72.9 Å². The van der Waals surface area contributed by atoms with Crippen LogP contribution in [0.15, 0.2) is 42.7 Å². The zero-order chi connectivity index (χ0) is 22.2. The molecule has 0 unspecified atom stereocenters. The lowest BCUT2D eigenvalue weighted by Crippen LogP contribution is -2.36. The average molecular weight is 434 g/mol. The molecule has 2 aliphatic rings. The molecule has 2 fully saturated rings. The van der Waals surface area contributed by atoms with Crippen molar-refractivity contribution in [3.63, 3.8) is 0 Å². The molecule has 3 aromatic rings. The first-order chi connectivity index (χ1) is 15.5. The molecule has 5 heterocycles. The van der Waals surface area contributed by atoms with Crippen LogP contribution in [0.2, 0.25) is 0 Å². The van der Waals surface area contributed by atoms with Crippen molar-refractivity contribution in [1.29, 1.82) is 0 Å². The Hall–Kier alpha value is -2.28. The molecule has 2 aliphatic heterocycles. The summed E-state index contributed by atoms with van der Waals surface area (Å²) in [6.07, 6.45) is 8.79. The van der Waals surface area contributed by atoms with Crippen LogP contribution in [0.5, 0.6) is 0 Å². The highest BCUT2D eigenvalue weighted by Crippen LogP contribution is 2.43. The molecule has 1 N–H and O–H groups in total. The van der Waals surface area contributed by atoms with E-state index in [1.807, 2.05) is 24.4 Å². The van der Waals surface area contributed by atoms with Crippen molar-refractivity contribution >= 4 is 5.65 Å². The molecule has 0 aromatic carbocycles. The standard InChI is InChI=1S/C26H35N5O/c1-18-8-7-14-27-23(18)20-9-6-10-21(30(20)3)24-25(31-15-5-4-11-22(31)28-24)26(32)19-12-16-29(2)17-13-19/h4-5,7-8,11,14-15,19-21,26,32H,6,9-10,12-13,16-17H2,1-3H3/t20-,21+,26-/m0/s1. The van der Waals surface area contributed by atoms with Crippen molar-refractivity contribution in [2.24, 2.45) is 5.92 Å². The molecule has 32 heavy (non-hydrogen) atoms. The number of aliphatic hydroxyl groups is 1. The molecule has 0 spiro atoms. The molecule has 2 saturated heterocycles. The van der Waals surface area contributed by atoms with Crippen LogP contribution in [0.3, 0.4) is 0 Å². The Morgan fingerprint density at radius 1 is 0.969 bits per heavy atom. The Kier molecular flexibility index (Phi) is 6.01. The lowest BCUT2D eigenvalue weighted by molar-refractivity contribution is 0.0567. The molecular weight excluding hydrogens is 398 g/mol. The fourth-order valence-corrected chi connectivity index (χ4v) is 5.77. The summed E-state index contributed by atoms with van der Waals surface area (Å²) < 4.78 is 2.13. The quantitative estimate of drug-likeness (QED) is 0.664. The molecule has 0 radical (unpaired) electrons. The van der Waals surface area contributed by atoms with Gasteiger partial charge in [-0.2, -0.15) is 0 Å². The highest BCUT2D eigenvalue weighted by atomic mass is 16.3. The number of rotatable bonds is 4. The van der Waals surface area contributed by atoms with Crippen LogP contribution in [0.4, 0.5) is 0 Å². The van der Waals surface area contributed by atoms with Crippen molar-refractivity contribution in [2.45, 2.75) is 57.2 Å². The number of hydrogen-bond donors (Lipinski definition) is 1. The van der Waals surface area contributed by atoms with Crippen molar-refractivity contribution in [1.82, 2.24) is 24.2 Å². The van der Waals surface area contributed by atoms with Gasteiger partial charge in [-0.1, -0.05) is 12.1 Å². The summed E-state index contributed by atoms with van der Waals surface area (Å²) in [4.78, 5) is 14.6. The van der Waals surface area contributed by atoms with Gasteiger partial charge in [-0.3, -0.25) is 9.88 Å². The normalized spacial score (nSPS) is 24.8. The second kappa shape index (κ2) is 8.93. The van der Waals surface area contributed by atoms with E-state index >= 15 is 0 Å². The molecule has 170 valence electrons. The number of aliphatic hydroxyl groups excluding tert-OH is 1. The number of pyridine rings is 2. The van der Waals surface area contributed by atoms with E-state index in [4.69, 9.17) is 9.97 Å². The van der Waals surface area contributed by atoms with Gasteiger partial charge in [0.25, 0.3) is 0 Å². The summed E-state index contributed by atoms with van der Waals surface area (Å²) in [5, 5.41) is 11.6. The first kappa shape index (κ1) is 21.6. The molecule has 0 bridgehead atoms. The smallest absolute Gasteiger partial charge is 0.137 e.